The van der Waals surface area contributed by atoms with Crippen LogP contribution in [0.1, 0.15) is 39.5 Å². The van der Waals surface area contributed by atoms with Gasteiger partial charge in [-0.3, -0.25) is 28.8 Å². The fourth-order valence-electron chi connectivity index (χ4n) is 2.37. The Bertz CT molecular complexity index is 655. The second-order valence-electron chi connectivity index (χ2n) is 7.26. The maximum absolute atomic E-state index is 11.9. The summed E-state index contributed by atoms with van der Waals surface area (Å²) in [5, 5.41) is 5.59. The van der Waals surface area contributed by atoms with Gasteiger partial charge in [-0.25, -0.2) is 0 Å². The Morgan fingerprint density at radius 1 is 0.750 bits per heavy atom. The Morgan fingerprint density at radius 3 is 1.61 bits per heavy atom. The molecule has 0 aromatic heterocycles. The van der Waals surface area contributed by atoms with Gasteiger partial charge >= 0.3 is 11.9 Å². The number of ether oxygens (including phenoxy) is 4. The zero-order valence-corrected chi connectivity index (χ0v) is 22.3. The van der Waals surface area contributed by atoms with Crippen LogP contribution in [-0.2, 0) is 47.7 Å². The first-order valence-corrected chi connectivity index (χ1v) is 14.0. The normalized spacial score (nSPS) is 10.7. The standard InChI is InChI=1S/C22H36N2O10S2/c1-17(27)33-15-20(16-34-18(2)28)32-10-4-6-22(30)24-8-12-36-35-11-7-23-21(29)5-3-9-31-19(13-25)14-26/h13-14,19-20H,3-12,15-16H2,1-2H3,(H,23,29)(H,24,30). The van der Waals surface area contributed by atoms with Gasteiger partial charge in [0.2, 0.25) is 11.8 Å². The molecular weight excluding hydrogens is 516 g/mol. The molecule has 0 atom stereocenters. The van der Waals surface area contributed by atoms with Gasteiger partial charge in [-0.1, -0.05) is 21.6 Å². The van der Waals surface area contributed by atoms with E-state index in [4.69, 9.17) is 18.9 Å². The average molecular weight is 553 g/mol. The molecule has 0 aromatic rings. The van der Waals surface area contributed by atoms with Gasteiger partial charge in [-0.05, 0) is 12.8 Å². The van der Waals surface area contributed by atoms with Crippen LogP contribution in [0.25, 0.3) is 0 Å². The lowest BCUT2D eigenvalue weighted by molar-refractivity contribution is -0.152. The summed E-state index contributed by atoms with van der Waals surface area (Å²) in [5.74, 6) is 0.258. The molecule has 36 heavy (non-hydrogen) atoms. The molecule has 2 N–H and O–H groups in total. The van der Waals surface area contributed by atoms with E-state index in [1.807, 2.05) is 0 Å². The Morgan fingerprint density at radius 2 is 1.19 bits per heavy atom. The average Bonchev–Trinajstić information content (AvgIpc) is 2.84. The van der Waals surface area contributed by atoms with Gasteiger partial charge in [-0.2, -0.15) is 0 Å². The summed E-state index contributed by atoms with van der Waals surface area (Å²) in [6.07, 6.45) is 0.561. The molecule has 0 aliphatic rings. The molecule has 12 nitrogen and oxygen atoms in total. The Labute approximate surface area is 219 Å². The third kappa shape index (κ3) is 22.3. The monoisotopic (exact) mass is 552 g/mol. The number of aldehydes is 2. The third-order valence-corrected chi connectivity index (χ3v) is 6.48. The molecule has 0 aliphatic carbocycles. The molecule has 0 aliphatic heterocycles. The molecule has 206 valence electrons. The van der Waals surface area contributed by atoms with Crippen molar-refractivity contribution in [1.82, 2.24) is 10.6 Å². The number of rotatable bonds is 23. The first-order chi connectivity index (χ1) is 17.3. The summed E-state index contributed by atoms with van der Waals surface area (Å²) in [6.45, 7) is 3.90. The van der Waals surface area contributed by atoms with E-state index in [1.54, 1.807) is 21.6 Å². The lowest BCUT2D eigenvalue weighted by Crippen LogP contribution is -2.29. The van der Waals surface area contributed by atoms with Crippen LogP contribution in [0.2, 0.25) is 0 Å². The van der Waals surface area contributed by atoms with Crippen molar-refractivity contribution in [1.29, 1.82) is 0 Å². The predicted molar refractivity (Wildman–Crippen MR) is 134 cm³/mol. The molecule has 0 radical (unpaired) electrons. The van der Waals surface area contributed by atoms with Gasteiger partial charge in [0, 0.05) is 64.5 Å². The molecule has 0 heterocycles. The van der Waals surface area contributed by atoms with Crippen molar-refractivity contribution in [2.75, 3.05) is 51.0 Å². The predicted octanol–water partition coefficient (Wildman–Crippen LogP) is 0.455. The second kappa shape index (κ2) is 23.3. The highest BCUT2D eigenvalue weighted by atomic mass is 33.1. The Kier molecular flexibility index (Phi) is 21.9. The zero-order valence-electron chi connectivity index (χ0n) is 20.7. The third-order valence-electron chi connectivity index (χ3n) is 4.07. The van der Waals surface area contributed by atoms with E-state index < -0.39 is 24.1 Å². The fraction of sp³-hybridized carbons (Fsp3) is 0.727. The van der Waals surface area contributed by atoms with Crippen LogP contribution in [0, 0.1) is 0 Å². The van der Waals surface area contributed by atoms with Crippen molar-refractivity contribution in [2.45, 2.75) is 51.7 Å². The minimum absolute atomic E-state index is 0.0340. The molecule has 0 spiro atoms. The number of carbonyl (C=O) groups is 6. The first kappa shape index (κ1) is 33.8. The van der Waals surface area contributed by atoms with Gasteiger partial charge in [0.25, 0.3) is 0 Å². The Balaban J connectivity index is 3.67. The molecule has 0 bridgehead atoms. The number of amides is 2. The summed E-state index contributed by atoms with van der Waals surface area (Å²) in [4.78, 5) is 66.3. The van der Waals surface area contributed by atoms with Gasteiger partial charge < -0.3 is 29.6 Å². The minimum atomic E-state index is -1.07. The summed E-state index contributed by atoms with van der Waals surface area (Å²) < 4.78 is 20.3. The lowest BCUT2D eigenvalue weighted by atomic mass is 10.3. The molecule has 2 amide bonds. The van der Waals surface area contributed by atoms with E-state index >= 15 is 0 Å². The largest absolute Gasteiger partial charge is 0.463 e. The molecule has 14 heteroatoms. The molecule has 0 saturated heterocycles. The van der Waals surface area contributed by atoms with Crippen LogP contribution in [0.4, 0.5) is 0 Å². The van der Waals surface area contributed by atoms with Crippen molar-refractivity contribution in [3.63, 3.8) is 0 Å². The topological polar surface area (TPSA) is 163 Å². The van der Waals surface area contributed by atoms with E-state index in [1.165, 1.54) is 13.8 Å². The van der Waals surface area contributed by atoms with E-state index in [-0.39, 0.29) is 51.1 Å². The minimum Gasteiger partial charge on any atom is -0.463 e. The van der Waals surface area contributed by atoms with Gasteiger partial charge in [-0.15, -0.1) is 0 Å². The zero-order chi connectivity index (χ0) is 27.0. The smallest absolute Gasteiger partial charge is 0.302 e. The van der Waals surface area contributed by atoms with Crippen molar-refractivity contribution in [3.8, 4) is 0 Å². The summed E-state index contributed by atoms with van der Waals surface area (Å²) >= 11 is 0. The number of hydrogen-bond donors (Lipinski definition) is 2. The SMILES string of the molecule is CC(=O)OCC(COC(C)=O)OCCCC(=O)NCCSSCCNC(=O)CCCOC(C=O)C=O. The van der Waals surface area contributed by atoms with Crippen LogP contribution in [0.15, 0.2) is 0 Å². The van der Waals surface area contributed by atoms with E-state index in [0.717, 1.165) is 0 Å². The highest BCUT2D eigenvalue weighted by Gasteiger charge is 2.13. The number of nitrogens with one attached hydrogen (secondary N) is 2. The van der Waals surface area contributed by atoms with Crippen LogP contribution in [0.5, 0.6) is 0 Å². The van der Waals surface area contributed by atoms with Gasteiger partial charge in [0.1, 0.15) is 19.3 Å². The highest BCUT2D eigenvalue weighted by Crippen LogP contribution is 2.19. The van der Waals surface area contributed by atoms with E-state index in [0.29, 0.717) is 50.0 Å². The van der Waals surface area contributed by atoms with Crippen LogP contribution in [-0.4, -0.2) is 99.6 Å². The summed E-state index contributed by atoms with van der Waals surface area (Å²) in [5.41, 5.74) is 0. The van der Waals surface area contributed by atoms with Gasteiger partial charge in [0.15, 0.2) is 18.7 Å². The molecule has 0 unspecified atom stereocenters. The van der Waals surface area contributed by atoms with Crippen LogP contribution in [0.3, 0.4) is 0 Å². The van der Waals surface area contributed by atoms with Crippen molar-refractivity contribution in [3.05, 3.63) is 0 Å². The van der Waals surface area contributed by atoms with E-state index in [2.05, 4.69) is 10.6 Å². The summed E-state index contributed by atoms with van der Waals surface area (Å²) in [7, 11) is 3.16. The quantitative estimate of drug-likeness (QED) is 0.0592. The van der Waals surface area contributed by atoms with Crippen molar-refractivity contribution >= 4 is 57.9 Å². The lowest BCUT2D eigenvalue weighted by Gasteiger charge is -2.17. The maximum atomic E-state index is 11.9. The van der Waals surface area contributed by atoms with Crippen LogP contribution >= 0.6 is 21.6 Å². The van der Waals surface area contributed by atoms with Crippen LogP contribution < -0.4 is 10.6 Å². The number of carbonyl (C=O) groups excluding carboxylic acids is 6. The molecular formula is C22H36N2O10S2. The van der Waals surface area contributed by atoms with Gasteiger partial charge in [0.05, 0.1) is 0 Å². The van der Waals surface area contributed by atoms with Crippen molar-refractivity contribution in [2.24, 2.45) is 0 Å². The fourth-order valence-corrected chi connectivity index (χ4v) is 4.18. The number of hydrogen-bond acceptors (Lipinski definition) is 12. The highest BCUT2D eigenvalue weighted by molar-refractivity contribution is 8.76. The molecule has 0 saturated carbocycles. The van der Waals surface area contributed by atoms with E-state index in [9.17, 15) is 28.8 Å². The maximum Gasteiger partial charge on any atom is 0.302 e. The molecule has 0 aromatic carbocycles. The Hall–Kier alpha value is -2.16. The first-order valence-electron chi connectivity index (χ1n) is 11.5. The number of esters is 2. The summed E-state index contributed by atoms with van der Waals surface area (Å²) in [6, 6.07) is 0. The molecule has 0 rings (SSSR count). The van der Waals surface area contributed by atoms with Crippen molar-refractivity contribution < 1.29 is 47.7 Å². The molecule has 0 fully saturated rings. The second-order valence-corrected chi connectivity index (χ2v) is 9.96.